The number of ether oxygens (including phenoxy) is 1. The number of hydrogen-bond donors (Lipinski definition) is 1. The fraction of sp³-hybridized carbons (Fsp3) is 0.625. The van der Waals surface area contributed by atoms with Crippen LogP contribution in [0.1, 0.15) is 42.9 Å². The van der Waals surface area contributed by atoms with E-state index in [4.69, 9.17) is 4.74 Å². The van der Waals surface area contributed by atoms with E-state index in [1.54, 1.807) is 0 Å². The van der Waals surface area contributed by atoms with Crippen molar-refractivity contribution in [1.29, 1.82) is 0 Å². The Morgan fingerprint density at radius 3 is 2.83 bits per heavy atom. The van der Waals surface area contributed by atoms with Gasteiger partial charge in [0.05, 0.1) is 12.6 Å². The number of hydrogen-bond acceptors (Lipinski definition) is 2. The summed E-state index contributed by atoms with van der Waals surface area (Å²) in [6.45, 7) is 3.81. The number of rotatable bonds is 7. The molecule has 2 nitrogen and oxygen atoms in total. The number of benzene rings is 1. The van der Waals surface area contributed by atoms with Gasteiger partial charge in [0.25, 0.3) is 0 Å². The average Bonchev–Trinajstić information content (AvgIpc) is 2.31. The van der Waals surface area contributed by atoms with E-state index in [9.17, 15) is 0 Å². The standard InChI is InChI=1S/C16H25NO/c1-13-5-3-8-15(11-13)16(17-2)12-18-10-9-14-6-4-7-14/h3,5,8,11,14,16-17H,4,6-7,9-10,12H2,1-2H3. The van der Waals surface area contributed by atoms with Gasteiger partial charge in [0.2, 0.25) is 0 Å². The van der Waals surface area contributed by atoms with Crippen molar-refractivity contribution < 1.29 is 4.74 Å². The highest BCUT2D eigenvalue weighted by Gasteiger charge is 2.17. The molecule has 0 amide bonds. The molecule has 0 heterocycles. The predicted octanol–water partition coefficient (Wildman–Crippen LogP) is 3.46. The summed E-state index contributed by atoms with van der Waals surface area (Å²) in [7, 11) is 2.00. The molecule has 0 aliphatic heterocycles. The zero-order valence-electron chi connectivity index (χ0n) is 11.6. The van der Waals surface area contributed by atoms with Crippen molar-refractivity contribution in [1.82, 2.24) is 5.32 Å². The molecule has 1 aliphatic carbocycles. The van der Waals surface area contributed by atoms with E-state index in [1.165, 1.54) is 36.8 Å². The van der Waals surface area contributed by atoms with Crippen LogP contribution >= 0.6 is 0 Å². The summed E-state index contributed by atoms with van der Waals surface area (Å²) in [6.07, 6.45) is 5.49. The lowest BCUT2D eigenvalue weighted by Gasteiger charge is -2.25. The van der Waals surface area contributed by atoms with Crippen LogP contribution < -0.4 is 5.32 Å². The second-order valence-corrected chi connectivity index (χ2v) is 5.42. The molecule has 18 heavy (non-hydrogen) atoms. The van der Waals surface area contributed by atoms with Crippen molar-refractivity contribution in [2.45, 2.75) is 38.6 Å². The highest BCUT2D eigenvalue weighted by Crippen LogP contribution is 2.29. The second-order valence-electron chi connectivity index (χ2n) is 5.42. The predicted molar refractivity (Wildman–Crippen MR) is 75.8 cm³/mol. The van der Waals surface area contributed by atoms with E-state index in [1.807, 2.05) is 7.05 Å². The number of nitrogens with one attached hydrogen (secondary N) is 1. The molecule has 1 saturated carbocycles. The molecule has 0 spiro atoms. The van der Waals surface area contributed by atoms with Crippen LogP contribution in [0.15, 0.2) is 24.3 Å². The lowest BCUT2D eigenvalue weighted by Crippen LogP contribution is -2.23. The minimum atomic E-state index is 0.311. The van der Waals surface area contributed by atoms with Gasteiger partial charge in [0, 0.05) is 6.61 Å². The van der Waals surface area contributed by atoms with Crippen LogP contribution in [0.4, 0.5) is 0 Å². The molecule has 1 N–H and O–H groups in total. The Hall–Kier alpha value is -0.860. The summed E-state index contributed by atoms with van der Waals surface area (Å²) in [5.41, 5.74) is 2.63. The van der Waals surface area contributed by atoms with Gasteiger partial charge in [-0.25, -0.2) is 0 Å². The maximum atomic E-state index is 5.82. The quantitative estimate of drug-likeness (QED) is 0.745. The van der Waals surface area contributed by atoms with Gasteiger partial charge in [-0.2, -0.15) is 0 Å². The van der Waals surface area contributed by atoms with Gasteiger partial charge in [-0.05, 0) is 31.9 Å². The summed E-state index contributed by atoms with van der Waals surface area (Å²) < 4.78 is 5.82. The van der Waals surface area contributed by atoms with E-state index >= 15 is 0 Å². The summed E-state index contributed by atoms with van der Waals surface area (Å²) in [4.78, 5) is 0. The van der Waals surface area contributed by atoms with E-state index in [2.05, 4.69) is 36.5 Å². The molecule has 0 aromatic heterocycles. The molecule has 0 saturated heterocycles. The third-order valence-corrected chi connectivity index (χ3v) is 3.97. The number of likely N-dealkylation sites (N-methyl/N-ethyl adjacent to an activating group) is 1. The van der Waals surface area contributed by atoms with Crippen molar-refractivity contribution >= 4 is 0 Å². The molecule has 0 radical (unpaired) electrons. The molecule has 1 unspecified atom stereocenters. The van der Waals surface area contributed by atoms with Gasteiger partial charge in [-0.3, -0.25) is 0 Å². The molecule has 1 aromatic carbocycles. The Bertz CT molecular complexity index is 360. The van der Waals surface area contributed by atoms with E-state index in [-0.39, 0.29) is 0 Å². The van der Waals surface area contributed by atoms with Crippen LogP contribution in [0.2, 0.25) is 0 Å². The van der Waals surface area contributed by atoms with Gasteiger partial charge in [0.15, 0.2) is 0 Å². The Balaban J connectivity index is 1.74. The second kappa shape index (κ2) is 6.91. The van der Waals surface area contributed by atoms with Crippen molar-refractivity contribution in [2.24, 2.45) is 5.92 Å². The zero-order chi connectivity index (χ0) is 12.8. The zero-order valence-corrected chi connectivity index (χ0v) is 11.6. The van der Waals surface area contributed by atoms with Gasteiger partial charge >= 0.3 is 0 Å². The maximum Gasteiger partial charge on any atom is 0.0661 e. The molecule has 2 heteroatoms. The summed E-state index contributed by atoms with van der Waals surface area (Å²) >= 11 is 0. The van der Waals surface area contributed by atoms with E-state index in [0.717, 1.165) is 19.1 Å². The van der Waals surface area contributed by atoms with E-state index in [0.29, 0.717) is 6.04 Å². The van der Waals surface area contributed by atoms with Crippen molar-refractivity contribution in [3.05, 3.63) is 35.4 Å². The first-order chi connectivity index (χ1) is 8.79. The van der Waals surface area contributed by atoms with Crippen molar-refractivity contribution in [3.8, 4) is 0 Å². The van der Waals surface area contributed by atoms with Crippen LogP contribution in [0.3, 0.4) is 0 Å². The molecular weight excluding hydrogens is 222 g/mol. The summed E-state index contributed by atoms with van der Waals surface area (Å²) in [5, 5.41) is 3.34. The summed E-state index contributed by atoms with van der Waals surface area (Å²) in [6, 6.07) is 8.96. The Morgan fingerprint density at radius 1 is 1.39 bits per heavy atom. The summed E-state index contributed by atoms with van der Waals surface area (Å²) in [5.74, 6) is 0.942. The molecule has 0 bridgehead atoms. The van der Waals surface area contributed by atoms with Crippen LogP contribution in [0.5, 0.6) is 0 Å². The van der Waals surface area contributed by atoms with E-state index < -0.39 is 0 Å². The van der Waals surface area contributed by atoms with Crippen LogP contribution in [0, 0.1) is 12.8 Å². The molecular formula is C16H25NO. The highest BCUT2D eigenvalue weighted by atomic mass is 16.5. The van der Waals surface area contributed by atoms with Gasteiger partial charge in [-0.15, -0.1) is 0 Å². The topological polar surface area (TPSA) is 21.3 Å². The van der Waals surface area contributed by atoms with Crippen molar-refractivity contribution in [3.63, 3.8) is 0 Å². The minimum Gasteiger partial charge on any atom is -0.379 e. The lowest BCUT2D eigenvalue weighted by atomic mass is 9.83. The maximum absolute atomic E-state index is 5.82. The highest BCUT2D eigenvalue weighted by molar-refractivity contribution is 5.25. The molecule has 2 rings (SSSR count). The number of aryl methyl sites for hydroxylation is 1. The Kier molecular flexibility index (Phi) is 5.21. The minimum absolute atomic E-state index is 0.311. The van der Waals surface area contributed by atoms with Crippen LogP contribution in [-0.4, -0.2) is 20.3 Å². The van der Waals surface area contributed by atoms with Gasteiger partial charge in [0.1, 0.15) is 0 Å². The van der Waals surface area contributed by atoms with Gasteiger partial charge < -0.3 is 10.1 Å². The lowest BCUT2D eigenvalue weighted by molar-refractivity contribution is 0.0904. The van der Waals surface area contributed by atoms with Crippen LogP contribution in [-0.2, 0) is 4.74 Å². The molecule has 100 valence electrons. The molecule has 1 fully saturated rings. The molecule has 1 atom stereocenters. The SMILES string of the molecule is CNC(COCCC1CCC1)c1cccc(C)c1. The monoisotopic (exact) mass is 247 g/mol. The first-order valence-corrected chi connectivity index (χ1v) is 7.11. The smallest absolute Gasteiger partial charge is 0.0661 e. The first kappa shape index (κ1) is 13.6. The largest absolute Gasteiger partial charge is 0.379 e. The van der Waals surface area contributed by atoms with Crippen molar-refractivity contribution in [2.75, 3.05) is 20.3 Å². The fourth-order valence-electron chi connectivity index (χ4n) is 2.47. The normalized spacial score (nSPS) is 17.4. The van der Waals surface area contributed by atoms with Gasteiger partial charge in [-0.1, -0.05) is 49.1 Å². The first-order valence-electron chi connectivity index (χ1n) is 7.11. The molecule has 1 aromatic rings. The third-order valence-electron chi connectivity index (χ3n) is 3.97. The average molecular weight is 247 g/mol. The fourth-order valence-corrected chi connectivity index (χ4v) is 2.47. The van der Waals surface area contributed by atoms with Crippen LogP contribution in [0.25, 0.3) is 0 Å². The Morgan fingerprint density at radius 2 is 2.22 bits per heavy atom. The third kappa shape index (κ3) is 3.82. The Labute approximate surface area is 111 Å². The molecule has 1 aliphatic rings.